The Morgan fingerprint density at radius 3 is 2.21 bits per heavy atom. The zero-order valence-corrected chi connectivity index (χ0v) is 10.6. The van der Waals surface area contributed by atoms with E-state index in [-0.39, 0.29) is 12.8 Å². The largest absolute Gasteiger partial charge is 0.481 e. The minimum absolute atomic E-state index is 0.00282. The molecule has 2 N–H and O–H groups in total. The van der Waals surface area contributed by atoms with Crippen molar-refractivity contribution >= 4 is 11.9 Å². The molecule has 1 saturated carbocycles. The number of halogens is 3. The van der Waals surface area contributed by atoms with Crippen LogP contribution >= 0.6 is 0 Å². The summed E-state index contributed by atoms with van der Waals surface area (Å²) in [5, 5.41) is 11.1. The van der Waals surface area contributed by atoms with E-state index in [1.54, 1.807) is 0 Å². The molecular weight excluding hydrogens is 263 g/mol. The van der Waals surface area contributed by atoms with Crippen LogP contribution in [-0.4, -0.2) is 29.7 Å². The van der Waals surface area contributed by atoms with Gasteiger partial charge in [0.15, 0.2) is 0 Å². The average Bonchev–Trinajstić information content (AvgIpc) is 2.62. The van der Waals surface area contributed by atoms with E-state index in [0.29, 0.717) is 12.8 Å². The van der Waals surface area contributed by atoms with Gasteiger partial charge in [-0.1, -0.05) is 12.8 Å². The molecule has 0 atom stereocenters. The summed E-state index contributed by atoms with van der Waals surface area (Å²) >= 11 is 0. The van der Waals surface area contributed by atoms with E-state index in [1.165, 1.54) is 0 Å². The topological polar surface area (TPSA) is 66.4 Å². The molecule has 4 nitrogen and oxygen atoms in total. The molecule has 0 unspecified atom stereocenters. The van der Waals surface area contributed by atoms with Crippen LogP contribution in [0.2, 0.25) is 0 Å². The molecule has 110 valence electrons. The maximum absolute atomic E-state index is 11.9. The van der Waals surface area contributed by atoms with Crippen LogP contribution in [-0.2, 0) is 9.59 Å². The van der Waals surface area contributed by atoms with Crippen LogP contribution in [0.25, 0.3) is 0 Å². The minimum atomic E-state index is -4.29. The Morgan fingerprint density at radius 1 is 1.16 bits per heavy atom. The zero-order valence-electron chi connectivity index (χ0n) is 10.6. The molecule has 1 aliphatic rings. The van der Waals surface area contributed by atoms with E-state index >= 15 is 0 Å². The van der Waals surface area contributed by atoms with Crippen molar-refractivity contribution in [3.05, 3.63) is 0 Å². The average molecular weight is 281 g/mol. The Labute approximate surface area is 109 Å². The van der Waals surface area contributed by atoms with Gasteiger partial charge < -0.3 is 10.4 Å². The van der Waals surface area contributed by atoms with Crippen LogP contribution in [0.5, 0.6) is 0 Å². The van der Waals surface area contributed by atoms with Crippen LogP contribution in [0.4, 0.5) is 13.2 Å². The number of hydrogen-bond donors (Lipinski definition) is 2. The van der Waals surface area contributed by atoms with Crippen molar-refractivity contribution in [3.8, 4) is 0 Å². The fourth-order valence-corrected chi connectivity index (χ4v) is 2.61. The Hall–Kier alpha value is -1.27. The molecule has 0 heterocycles. The second-order valence-corrected chi connectivity index (χ2v) is 5.17. The highest BCUT2D eigenvalue weighted by Gasteiger charge is 2.38. The summed E-state index contributed by atoms with van der Waals surface area (Å²) in [5.74, 6) is -1.46. The molecule has 0 aliphatic heterocycles. The Bertz CT molecular complexity index is 336. The third kappa shape index (κ3) is 5.94. The lowest BCUT2D eigenvalue weighted by molar-refractivity contribution is -0.140. The highest BCUT2D eigenvalue weighted by atomic mass is 19.4. The summed E-state index contributed by atoms with van der Waals surface area (Å²) in [7, 11) is 0. The van der Waals surface area contributed by atoms with Gasteiger partial charge in [-0.2, -0.15) is 13.2 Å². The van der Waals surface area contributed by atoms with E-state index in [0.717, 1.165) is 12.8 Å². The van der Waals surface area contributed by atoms with E-state index in [4.69, 9.17) is 5.11 Å². The van der Waals surface area contributed by atoms with Crippen molar-refractivity contribution in [1.29, 1.82) is 0 Å². The van der Waals surface area contributed by atoms with Crippen molar-refractivity contribution < 1.29 is 27.9 Å². The Morgan fingerprint density at radius 2 is 1.74 bits per heavy atom. The molecule has 0 spiro atoms. The third-order valence-electron chi connectivity index (χ3n) is 3.46. The number of carboxylic acids is 1. The van der Waals surface area contributed by atoms with Gasteiger partial charge in [0.2, 0.25) is 5.91 Å². The maximum atomic E-state index is 11.9. The number of alkyl halides is 3. The number of aliphatic carboxylic acids is 1. The minimum Gasteiger partial charge on any atom is -0.481 e. The zero-order chi connectivity index (χ0) is 14.5. The molecule has 1 rings (SSSR count). The van der Waals surface area contributed by atoms with E-state index < -0.39 is 36.4 Å². The predicted octanol–water partition coefficient (Wildman–Crippen LogP) is 2.48. The number of rotatable bonds is 6. The summed E-state index contributed by atoms with van der Waals surface area (Å²) in [5.41, 5.74) is -0.575. The SMILES string of the molecule is O=C(O)CC1(CC(=O)NCCC(F)(F)F)CCCC1. The predicted molar refractivity (Wildman–Crippen MR) is 61.5 cm³/mol. The molecule has 0 aromatic rings. The molecule has 7 heteroatoms. The van der Waals surface area contributed by atoms with Gasteiger partial charge >= 0.3 is 12.1 Å². The molecule has 1 fully saturated rings. The van der Waals surface area contributed by atoms with Crippen molar-refractivity contribution in [2.45, 2.75) is 51.1 Å². The number of carbonyl (C=O) groups is 2. The monoisotopic (exact) mass is 281 g/mol. The molecular formula is C12H18F3NO3. The van der Waals surface area contributed by atoms with Gasteiger partial charge in [-0.15, -0.1) is 0 Å². The lowest BCUT2D eigenvalue weighted by Crippen LogP contribution is -2.33. The van der Waals surface area contributed by atoms with Crippen molar-refractivity contribution in [2.24, 2.45) is 5.41 Å². The van der Waals surface area contributed by atoms with Gasteiger partial charge in [0.25, 0.3) is 0 Å². The molecule has 19 heavy (non-hydrogen) atoms. The molecule has 1 aliphatic carbocycles. The van der Waals surface area contributed by atoms with Crippen LogP contribution in [0.1, 0.15) is 44.9 Å². The summed E-state index contributed by atoms with van der Waals surface area (Å²) < 4.78 is 35.8. The van der Waals surface area contributed by atoms with Gasteiger partial charge in [0.05, 0.1) is 12.8 Å². The van der Waals surface area contributed by atoms with Crippen LogP contribution in [0.3, 0.4) is 0 Å². The van der Waals surface area contributed by atoms with Gasteiger partial charge in [-0.05, 0) is 18.3 Å². The first-order chi connectivity index (χ1) is 8.72. The standard InChI is InChI=1S/C12H18F3NO3/c13-12(14,15)5-6-16-9(17)7-11(8-10(18)19)3-1-2-4-11/h1-8H2,(H,16,17)(H,18,19). The lowest BCUT2D eigenvalue weighted by Gasteiger charge is -2.26. The third-order valence-corrected chi connectivity index (χ3v) is 3.46. The number of carbonyl (C=O) groups excluding carboxylic acids is 1. The fourth-order valence-electron chi connectivity index (χ4n) is 2.61. The smallest absolute Gasteiger partial charge is 0.390 e. The maximum Gasteiger partial charge on any atom is 0.390 e. The normalized spacial score (nSPS) is 18.3. The first-order valence-electron chi connectivity index (χ1n) is 6.28. The van der Waals surface area contributed by atoms with Gasteiger partial charge in [-0.3, -0.25) is 9.59 Å². The van der Waals surface area contributed by atoms with E-state index in [2.05, 4.69) is 5.32 Å². The number of nitrogens with one attached hydrogen (secondary N) is 1. The van der Waals surface area contributed by atoms with Crippen molar-refractivity contribution in [2.75, 3.05) is 6.54 Å². The molecule has 1 amide bonds. The lowest BCUT2D eigenvalue weighted by atomic mass is 9.79. The Balaban J connectivity index is 2.42. The van der Waals surface area contributed by atoms with E-state index in [1.807, 2.05) is 0 Å². The van der Waals surface area contributed by atoms with Gasteiger partial charge in [-0.25, -0.2) is 0 Å². The first-order valence-corrected chi connectivity index (χ1v) is 6.28. The highest BCUT2D eigenvalue weighted by Crippen LogP contribution is 2.43. The summed E-state index contributed by atoms with van der Waals surface area (Å²) in [4.78, 5) is 22.4. The van der Waals surface area contributed by atoms with Crippen molar-refractivity contribution in [3.63, 3.8) is 0 Å². The summed E-state index contributed by atoms with van der Waals surface area (Å²) in [6.07, 6.45) is -2.44. The number of hydrogen-bond acceptors (Lipinski definition) is 2. The molecule has 0 aromatic carbocycles. The van der Waals surface area contributed by atoms with Crippen LogP contribution in [0, 0.1) is 5.41 Å². The van der Waals surface area contributed by atoms with Crippen molar-refractivity contribution in [1.82, 2.24) is 5.32 Å². The molecule has 0 radical (unpaired) electrons. The highest BCUT2D eigenvalue weighted by molar-refractivity contribution is 5.78. The number of carboxylic acid groups (broad SMARTS) is 1. The second kappa shape index (κ2) is 6.25. The van der Waals surface area contributed by atoms with Gasteiger partial charge in [0.1, 0.15) is 0 Å². The van der Waals surface area contributed by atoms with Crippen LogP contribution < -0.4 is 5.32 Å². The number of amides is 1. The molecule has 0 bridgehead atoms. The first kappa shape index (κ1) is 15.8. The van der Waals surface area contributed by atoms with Crippen LogP contribution in [0.15, 0.2) is 0 Å². The fraction of sp³-hybridized carbons (Fsp3) is 0.833. The Kier molecular flexibility index (Phi) is 5.20. The second-order valence-electron chi connectivity index (χ2n) is 5.17. The van der Waals surface area contributed by atoms with E-state index in [9.17, 15) is 22.8 Å². The quantitative estimate of drug-likeness (QED) is 0.786. The molecule has 0 aromatic heterocycles. The summed E-state index contributed by atoms with van der Waals surface area (Å²) in [6, 6.07) is 0. The molecule has 0 saturated heterocycles. The summed E-state index contributed by atoms with van der Waals surface area (Å²) in [6.45, 7) is -0.453. The van der Waals surface area contributed by atoms with Gasteiger partial charge in [0, 0.05) is 13.0 Å².